The molecule has 1 aliphatic rings. The number of piperazine rings is 1. The molecular weight excluding hydrogens is 477 g/mol. The van der Waals surface area contributed by atoms with Gasteiger partial charge in [-0.15, -0.1) is 24.0 Å². The average molecular weight is 509 g/mol. The zero-order valence-electron chi connectivity index (χ0n) is 17.4. The third kappa shape index (κ3) is 7.43. The van der Waals surface area contributed by atoms with E-state index in [1.165, 1.54) is 5.56 Å². The number of likely N-dealkylation sites (N-methyl/N-ethyl adjacent to an activating group) is 1. The summed E-state index contributed by atoms with van der Waals surface area (Å²) in [7, 11) is 2.15. The molecule has 0 spiro atoms. The van der Waals surface area contributed by atoms with Crippen LogP contribution < -0.4 is 10.2 Å². The van der Waals surface area contributed by atoms with E-state index in [2.05, 4.69) is 74.3 Å². The van der Waals surface area contributed by atoms with E-state index in [0.29, 0.717) is 0 Å². The third-order valence-corrected chi connectivity index (χ3v) is 4.79. The molecule has 1 aromatic heterocycles. The van der Waals surface area contributed by atoms with E-state index in [1.54, 1.807) is 12.4 Å². The Kier molecular flexibility index (Phi) is 10.1. The van der Waals surface area contributed by atoms with E-state index in [4.69, 9.17) is 4.99 Å². The Morgan fingerprint density at radius 3 is 2.41 bits per heavy atom. The van der Waals surface area contributed by atoms with Gasteiger partial charge in [0.25, 0.3) is 0 Å². The van der Waals surface area contributed by atoms with E-state index in [0.717, 1.165) is 64.3 Å². The molecule has 2 heterocycles. The molecule has 1 N–H and O–H groups in total. The van der Waals surface area contributed by atoms with E-state index in [9.17, 15) is 0 Å². The molecule has 29 heavy (non-hydrogen) atoms. The van der Waals surface area contributed by atoms with Gasteiger partial charge in [-0.05, 0) is 25.6 Å². The maximum atomic E-state index is 4.86. The van der Waals surface area contributed by atoms with E-state index in [1.807, 2.05) is 6.07 Å². The molecule has 1 fully saturated rings. The van der Waals surface area contributed by atoms with Gasteiger partial charge < -0.3 is 20.0 Å². The van der Waals surface area contributed by atoms with Gasteiger partial charge in [-0.25, -0.2) is 9.97 Å². The number of guanidine groups is 1. The van der Waals surface area contributed by atoms with Gasteiger partial charge in [-0.1, -0.05) is 30.3 Å². The van der Waals surface area contributed by atoms with Crippen LogP contribution in [0.2, 0.25) is 0 Å². The minimum atomic E-state index is 0. The number of benzene rings is 1. The summed E-state index contributed by atoms with van der Waals surface area (Å²) in [5.41, 5.74) is 1.33. The SMILES string of the molecule is CCNC(=NCCN(C)Cc1ccccc1)N1CCN(c2ncccn2)CC1.I. The van der Waals surface area contributed by atoms with Crippen molar-refractivity contribution in [2.75, 3.05) is 57.8 Å². The van der Waals surface area contributed by atoms with Crippen LogP contribution in [0.4, 0.5) is 5.95 Å². The molecule has 0 atom stereocenters. The topological polar surface area (TPSA) is 59.9 Å². The zero-order chi connectivity index (χ0) is 19.6. The van der Waals surface area contributed by atoms with Gasteiger partial charge in [-0.2, -0.15) is 0 Å². The normalized spacial score (nSPS) is 14.7. The van der Waals surface area contributed by atoms with Crippen molar-refractivity contribution >= 4 is 35.9 Å². The van der Waals surface area contributed by atoms with Crippen LogP contribution in [0.15, 0.2) is 53.8 Å². The number of aromatic nitrogens is 2. The summed E-state index contributed by atoms with van der Waals surface area (Å²) in [4.78, 5) is 20.4. The Morgan fingerprint density at radius 1 is 1.07 bits per heavy atom. The predicted molar refractivity (Wildman–Crippen MR) is 130 cm³/mol. The van der Waals surface area contributed by atoms with E-state index < -0.39 is 0 Å². The Labute approximate surface area is 191 Å². The Balaban J connectivity index is 0.00000300. The first-order valence-corrected chi connectivity index (χ1v) is 10.0. The lowest BCUT2D eigenvalue weighted by Gasteiger charge is -2.36. The first-order valence-electron chi connectivity index (χ1n) is 10.0. The van der Waals surface area contributed by atoms with Gasteiger partial charge >= 0.3 is 0 Å². The lowest BCUT2D eigenvalue weighted by Crippen LogP contribution is -2.53. The molecule has 1 saturated heterocycles. The van der Waals surface area contributed by atoms with Crippen molar-refractivity contribution in [2.24, 2.45) is 4.99 Å². The maximum Gasteiger partial charge on any atom is 0.225 e. The lowest BCUT2D eigenvalue weighted by molar-refractivity contribution is 0.333. The molecule has 158 valence electrons. The van der Waals surface area contributed by atoms with Gasteiger partial charge in [0.1, 0.15) is 0 Å². The highest BCUT2D eigenvalue weighted by Crippen LogP contribution is 2.10. The summed E-state index contributed by atoms with van der Waals surface area (Å²) in [6.07, 6.45) is 3.60. The highest BCUT2D eigenvalue weighted by atomic mass is 127. The van der Waals surface area contributed by atoms with E-state index >= 15 is 0 Å². The molecule has 1 aromatic carbocycles. The number of anilines is 1. The molecule has 0 amide bonds. The minimum absolute atomic E-state index is 0. The fourth-order valence-electron chi connectivity index (χ4n) is 3.30. The zero-order valence-corrected chi connectivity index (χ0v) is 19.7. The molecule has 0 bridgehead atoms. The van der Waals surface area contributed by atoms with Gasteiger partial charge in [0, 0.05) is 58.2 Å². The van der Waals surface area contributed by atoms with E-state index in [-0.39, 0.29) is 24.0 Å². The van der Waals surface area contributed by atoms with Crippen molar-refractivity contribution in [1.29, 1.82) is 0 Å². The molecule has 7 nitrogen and oxygen atoms in total. The second-order valence-electron chi connectivity index (χ2n) is 6.98. The summed E-state index contributed by atoms with van der Waals surface area (Å²) in [6, 6.07) is 12.4. The molecule has 1 aliphatic heterocycles. The summed E-state index contributed by atoms with van der Waals surface area (Å²) < 4.78 is 0. The van der Waals surface area contributed by atoms with Crippen molar-refractivity contribution in [3.63, 3.8) is 0 Å². The minimum Gasteiger partial charge on any atom is -0.357 e. The maximum absolute atomic E-state index is 4.86. The number of hydrogen-bond donors (Lipinski definition) is 1. The molecule has 3 rings (SSSR count). The summed E-state index contributed by atoms with van der Waals surface area (Å²) in [6.45, 7) is 9.31. The molecule has 0 unspecified atom stereocenters. The van der Waals surface area contributed by atoms with Crippen molar-refractivity contribution in [3.05, 3.63) is 54.4 Å². The quantitative estimate of drug-likeness (QED) is 0.351. The number of rotatable bonds is 7. The third-order valence-electron chi connectivity index (χ3n) is 4.79. The fourth-order valence-corrected chi connectivity index (χ4v) is 3.30. The molecule has 2 aromatic rings. The first kappa shape index (κ1) is 23.3. The Morgan fingerprint density at radius 2 is 1.76 bits per heavy atom. The van der Waals surface area contributed by atoms with Crippen molar-refractivity contribution < 1.29 is 0 Å². The highest BCUT2D eigenvalue weighted by Gasteiger charge is 2.20. The van der Waals surface area contributed by atoms with Crippen molar-refractivity contribution in [2.45, 2.75) is 13.5 Å². The molecular formula is C21H32IN7. The van der Waals surface area contributed by atoms with Crippen LogP contribution in [0.3, 0.4) is 0 Å². The second kappa shape index (κ2) is 12.6. The van der Waals surface area contributed by atoms with Gasteiger partial charge in [0.15, 0.2) is 5.96 Å². The van der Waals surface area contributed by atoms with Crippen LogP contribution >= 0.6 is 24.0 Å². The van der Waals surface area contributed by atoms with Crippen molar-refractivity contribution in [1.82, 2.24) is 25.1 Å². The fraction of sp³-hybridized carbons (Fsp3) is 0.476. The highest BCUT2D eigenvalue weighted by molar-refractivity contribution is 14.0. The van der Waals surface area contributed by atoms with Crippen LogP contribution in [-0.2, 0) is 6.54 Å². The van der Waals surface area contributed by atoms with Crippen LogP contribution in [0.1, 0.15) is 12.5 Å². The Hall–Kier alpha value is -1.94. The molecule has 8 heteroatoms. The number of aliphatic imine (C=N–C) groups is 1. The lowest BCUT2D eigenvalue weighted by atomic mass is 10.2. The monoisotopic (exact) mass is 509 g/mol. The van der Waals surface area contributed by atoms with Crippen LogP contribution in [0.5, 0.6) is 0 Å². The molecule has 0 saturated carbocycles. The molecule has 0 aliphatic carbocycles. The second-order valence-corrected chi connectivity index (χ2v) is 6.98. The summed E-state index contributed by atoms with van der Waals surface area (Å²) in [5, 5.41) is 3.44. The summed E-state index contributed by atoms with van der Waals surface area (Å²) in [5.74, 6) is 1.82. The smallest absolute Gasteiger partial charge is 0.225 e. The van der Waals surface area contributed by atoms with Gasteiger partial charge in [0.05, 0.1) is 6.54 Å². The van der Waals surface area contributed by atoms with Crippen molar-refractivity contribution in [3.8, 4) is 0 Å². The molecule has 0 radical (unpaired) electrons. The van der Waals surface area contributed by atoms with Crippen LogP contribution in [0, 0.1) is 0 Å². The standard InChI is InChI=1S/C21H31N7.HI/c1-3-22-20(25-12-13-26(2)18-19-8-5-4-6-9-19)27-14-16-28(17-15-27)21-23-10-7-11-24-21;/h4-11H,3,12-18H2,1-2H3,(H,22,25);1H. The predicted octanol–water partition coefficient (Wildman–Crippen LogP) is 2.31. The Bertz CT molecular complexity index is 718. The van der Waals surface area contributed by atoms with Crippen LogP contribution in [0.25, 0.3) is 0 Å². The number of halogens is 1. The summed E-state index contributed by atoms with van der Waals surface area (Å²) >= 11 is 0. The number of hydrogen-bond acceptors (Lipinski definition) is 5. The van der Waals surface area contributed by atoms with Gasteiger partial charge in [-0.3, -0.25) is 4.99 Å². The first-order chi connectivity index (χ1) is 13.8. The number of nitrogens with one attached hydrogen (secondary N) is 1. The van der Waals surface area contributed by atoms with Crippen LogP contribution in [-0.4, -0.2) is 78.6 Å². The number of nitrogens with zero attached hydrogens (tertiary/aromatic N) is 6. The largest absolute Gasteiger partial charge is 0.357 e. The van der Waals surface area contributed by atoms with Gasteiger partial charge in [0.2, 0.25) is 5.95 Å². The average Bonchev–Trinajstić information content (AvgIpc) is 2.75.